The van der Waals surface area contributed by atoms with E-state index in [-0.39, 0.29) is 11.8 Å². The fourth-order valence-electron chi connectivity index (χ4n) is 1.96. The van der Waals surface area contributed by atoms with Crippen molar-refractivity contribution in [3.05, 3.63) is 24.3 Å². The first-order valence-electron chi connectivity index (χ1n) is 6.53. The maximum Gasteiger partial charge on any atom is 0.160 e. The van der Waals surface area contributed by atoms with E-state index in [2.05, 4.69) is 19.2 Å². The number of ether oxygens (including phenoxy) is 1. The van der Waals surface area contributed by atoms with Crippen molar-refractivity contribution in [2.24, 2.45) is 5.92 Å². The van der Waals surface area contributed by atoms with Gasteiger partial charge in [0, 0.05) is 5.69 Å². The van der Waals surface area contributed by atoms with Crippen molar-refractivity contribution in [1.29, 1.82) is 0 Å². The topological polar surface area (TPSA) is 58.6 Å². The third kappa shape index (κ3) is 4.91. The van der Waals surface area contributed by atoms with Gasteiger partial charge >= 0.3 is 0 Å². The number of Topliss-reactive ketones (excluding diaryl/α,β-unsaturated/α-hetero) is 1. The number of aliphatic hydroxyl groups excluding tert-OH is 1. The summed E-state index contributed by atoms with van der Waals surface area (Å²) < 4.78 is 5.09. The Labute approximate surface area is 114 Å². The zero-order valence-corrected chi connectivity index (χ0v) is 12.0. The molecule has 106 valence electrons. The van der Waals surface area contributed by atoms with Crippen molar-refractivity contribution in [3.8, 4) is 5.75 Å². The number of methoxy groups -OCH3 is 1. The van der Waals surface area contributed by atoms with E-state index >= 15 is 0 Å². The minimum Gasteiger partial charge on any atom is -0.497 e. The number of anilines is 1. The first-order chi connectivity index (χ1) is 8.93. The lowest BCUT2D eigenvalue weighted by atomic mass is 9.97. The third-order valence-corrected chi connectivity index (χ3v) is 2.97. The van der Waals surface area contributed by atoms with Gasteiger partial charge in [-0.25, -0.2) is 0 Å². The number of carbonyl (C=O) groups is 1. The van der Waals surface area contributed by atoms with Gasteiger partial charge in [0.2, 0.25) is 0 Å². The highest BCUT2D eigenvalue weighted by atomic mass is 16.5. The molecule has 2 N–H and O–H groups in total. The Morgan fingerprint density at radius 3 is 2.32 bits per heavy atom. The third-order valence-electron chi connectivity index (χ3n) is 2.97. The van der Waals surface area contributed by atoms with Crippen LogP contribution in [0.1, 0.15) is 27.2 Å². The van der Waals surface area contributed by atoms with Crippen LogP contribution >= 0.6 is 0 Å². The van der Waals surface area contributed by atoms with Gasteiger partial charge in [0.25, 0.3) is 0 Å². The maximum absolute atomic E-state index is 11.3. The van der Waals surface area contributed by atoms with E-state index in [1.807, 2.05) is 24.3 Å². The van der Waals surface area contributed by atoms with Crippen LogP contribution in [0.5, 0.6) is 5.75 Å². The molecule has 2 atom stereocenters. The van der Waals surface area contributed by atoms with Crippen LogP contribution in [0.3, 0.4) is 0 Å². The Morgan fingerprint density at radius 2 is 1.89 bits per heavy atom. The maximum atomic E-state index is 11.3. The minimum atomic E-state index is -0.982. The SMILES string of the molecule is COc1ccc(N[C@H](CC(C)C)[C@H](O)C(C)=O)cc1. The predicted octanol–water partition coefficient (Wildman–Crippen LogP) is 2.47. The van der Waals surface area contributed by atoms with Crippen molar-refractivity contribution in [2.75, 3.05) is 12.4 Å². The Morgan fingerprint density at radius 1 is 1.32 bits per heavy atom. The highest BCUT2D eigenvalue weighted by Crippen LogP contribution is 2.19. The zero-order valence-electron chi connectivity index (χ0n) is 12.0. The van der Waals surface area contributed by atoms with Crippen LogP contribution < -0.4 is 10.1 Å². The van der Waals surface area contributed by atoms with Crippen LogP contribution in [0.2, 0.25) is 0 Å². The van der Waals surface area contributed by atoms with Crippen molar-refractivity contribution in [3.63, 3.8) is 0 Å². The molecule has 4 nitrogen and oxygen atoms in total. The number of hydrogen-bond acceptors (Lipinski definition) is 4. The Kier molecular flexibility index (Phi) is 5.83. The summed E-state index contributed by atoms with van der Waals surface area (Å²) in [7, 11) is 1.61. The van der Waals surface area contributed by atoms with Crippen LogP contribution in [-0.2, 0) is 4.79 Å². The average molecular weight is 265 g/mol. The summed E-state index contributed by atoms with van der Waals surface area (Å²) in [6, 6.07) is 7.16. The van der Waals surface area contributed by atoms with E-state index < -0.39 is 6.10 Å². The molecule has 0 aliphatic carbocycles. The van der Waals surface area contributed by atoms with Crippen LogP contribution in [-0.4, -0.2) is 30.1 Å². The van der Waals surface area contributed by atoms with E-state index in [9.17, 15) is 9.90 Å². The van der Waals surface area contributed by atoms with Crippen molar-refractivity contribution < 1.29 is 14.6 Å². The summed E-state index contributed by atoms with van der Waals surface area (Å²) in [5.74, 6) is 0.953. The van der Waals surface area contributed by atoms with E-state index in [1.165, 1.54) is 6.92 Å². The van der Waals surface area contributed by atoms with Crippen LogP contribution in [0, 0.1) is 5.92 Å². The molecule has 4 heteroatoms. The number of aliphatic hydroxyl groups is 1. The molecular formula is C15H23NO3. The molecule has 19 heavy (non-hydrogen) atoms. The average Bonchev–Trinajstić information content (AvgIpc) is 2.37. The fourth-order valence-corrected chi connectivity index (χ4v) is 1.96. The van der Waals surface area contributed by atoms with Gasteiger partial charge in [-0.2, -0.15) is 0 Å². The lowest BCUT2D eigenvalue weighted by Crippen LogP contribution is -2.39. The van der Waals surface area contributed by atoms with Gasteiger partial charge in [0.05, 0.1) is 13.2 Å². The second-order valence-electron chi connectivity index (χ2n) is 5.16. The molecule has 0 aromatic heterocycles. The Balaban J connectivity index is 2.77. The lowest BCUT2D eigenvalue weighted by molar-refractivity contribution is -0.125. The van der Waals surface area contributed by atoms with Crippen molar-refractivity contribution in [2.45, 2.75) is 39.3 Å². The zero-order chi connectivity index (χ0) is 14.4. The van der Waals surface area contributed by atoms with Crippen LogP contribution in [0.4, 0.5) is 5.69 Å². The quantitative estimate of drug-likeness (QED) is 0.795. The van der Waals surface area contributed by atoms with Crippen molar-refractivity contribution >= 4 is 11.5 Å². The summed E-state index contributed by atoms with van der Waals surface area (Å²) in [4.78, 5) is 11.3. The fraction of sp³-hybridized carbons (Fsp3) is 0.533. The van der Waals surface area contributed by atoms with Gasteiger partial charge in [0.1, 0.15) is 11.9 Å². The number of benzene rings is 1. The molecule has 0 bridgehead atoms. The van der Waals surface area contributed by atoms with E-state index in [0.717, 1.165) is 17.9 Å². The molecule has 1 rings (SSSR count). The Bertz CT molecular complexity index is 400. The molecule has 0 aliphatic rings. The van der Waals surface area contributed by atoms with Gasteiger partial charge in [0.15, 0.2) is 5.78 Å². The van der Waals surface area contributed by atoms with E-state index in [1.54, 1.807) is 7.11 Å². The molecule has 0 saturated heterocycles. The molecule has 1 aromatic rings. The van der Waals surface area contributed by atoms with Crippen molar-refractivity contribution in [1.82, 2.24) is 0 Å². The van der Waals surface area contributed by atoms with E-state index in [0.29, 0.717) is 5.92 Å². The molecule has 0 unspecified atom stereocenters. The smallest absolute Gasteiger partial charge is 0.160 e. The van der Waals surface area contributed by atoms with E-state index in [4.69, 9.17) is 4.74 Å². The minimum absolute atomic E-state index is 0.216. The normalized spacial score (nSPS) is 14.0. The van der Waals surface area contributed by atoms with Crippen LogP contribution in [0.25, 0.3) is 0 Å². The second kappa shape index (κ2) is 7.14. The summed E-state index contributed by atoms with van der Waals surface area (Å²) in [6.07, 6.45) is -0.253. The predicted molar refractivity (Wildman–Crippen MR) is 76.5 cm³/mol. The highest BCUT2D eigenvalue weighted by molar-refractivity contribution is 5.81. The number of carbonyl (C=O) groups excluding carboxylic acids is 1. The summed E-state index contributed by atoms with van der Waals surface area (Å²) in [5.41, 5.74) is 0.867. The molecular weight excluding hydrogens is 242 g/mol. The lowest BCUT2D eigenvalue weighted by Gasteiger charge is -2.25. The molecule has 0 heterocycles. The molecule has 0 aliphatic heterocycles. The molecule has 0 saturated carbocycles. The van der Waals surface area contributed by atoms with Gasteiger partial charge in [-0.15, -0.1) is 0 Å². The number of nitrogens with one attached hydrogen (secondary N) is 1. The highest BCUT2D eigenvalue weighted by Gasteiger charge is 2.23. The van der Waals surface area contributed by atoms with Crippen LogP contribution in [0.15, 0.2) is 24.3 Å². The first-order valence-corrected chi connectivity index (χ1v) is 6.53. The molecule has 0 fully saturated rings. The standard InChI is InChI=1S/C15H23NO3/c1-10(2)9-14(15(18)11(3)17)16-12-5-7-13(19-4)8-6-12/h5-8,10,14-16,18H,9H2,1-4H3/t14-,15-/m1/s1. The summed E-state index contributed by atoms with van der Waals surface area (Å²) >= 11 is 0. The Hall–Kier alpha value is -1.55. The second-order valence-corrected chi connectivity index (χ2v) is 5.16. The molecule has 0 amide bonds. The molecule has 0 spiro atoms. The van der Waals surface area contributed by atoms with Gasteiger partial charge in [-0.05, 0) is 43.5 Å². The largest absolute Gasteiger partial charge is 0.497 e. The molecule has 0 radical (unpaired) electrons. The number of ketones is 1. The van der Waals surface area contributed by atoms with Gasteiger partial charge in [-0.3, -0.25) is 4.79 Å². The number of rotatable bonds is 7. The molecule has 1 aromatic carbocycles. The monoisotopic (exact) mass is 265 g/mol. The summed E-state index contributed by atoms with van der Waals surface area (Å²) in [5, 5.41) is 13.2. The number of hydrogen-bond donors (Lipinski definition) is 2. The first kappa shape index (κ1) is 15.5. The van der Waals surface area contributed by atoms with Gasteiger partial charge < -0.3 is 15.2 Å². The van der Waals surface area contributed by atoms with Gasteiger partial charge in [-0.1, -0.05) is 13.8 Å². The summed E-state index contributed by atoms with van der Waals surface area (Å²) in [6.45, 7) is 5.54.